The third kappa shape index (κ3) is 1.22. The molecule has 72 valence electrons. The maximum absolute atomic E-state index is 11.1. The highest BCUT2D eigenvalue weighted by atomic mass is 16.5. The average Bonchev–Trinajstić information content (AvgIpc) is 2.59. The minimum absolute atomic E-state index is 0.277. The Morgan fingerprint density at radius 2 is 2.29 bits per heavy atom. The number of fused-ring (bicyclic) bond motifs is 1. The number of aromatic nitrogens is 3. The van der Waals surface area contributed by atoms with E-state index in [0.29, 0.717) is 5.65 Å². The number of carbonyl (C=O) groups excluding carboxylic acids is 1. The van der Waals surface area contributed by atoms with Crippen molar-refractivity contribution >= 4 is 17.1 Å². The van der Waals surface area contributed by atoms with Crippen molar-refractivity contribution in [3.63, 3.8) is 0 Å². The Kier molecular flexibility index (Phi) is 1.92. The van der Waals surface area contributed by atoms with Gasteiger partial charge in [0.25, 0.3) is 0 Å². The zero-order valence-corrected chi connectivity index (χ0v) is 7.89. The lowest BCUT2D eigenvalue weighted by Crippen LogP contribution is -2.03. The fourth-order valence-electron chi connectivity index (χ4n) is 1.23. The van der Waals surface area contributed by atoms with Crippen molar-refractivity contribution in [3.05, 3.63) is 24.2 Å². The predicted molar refractivity (Wildman–Crippen MR) is 49.8 cm³/mol. The predicted octanol–water partition coefficient (Wildman–Crippen LogP) is 0.755. The van der Waals surface area contributed by atoms with E-state index in [0.717, 1.165) is 5.52 Å². The van der Waals surface area contributed by atoms with Gasteiger partial charge in [-0.05, 0) is 12.1 Å². The first-order chi connectivity index (χ1) is 6.72. The summed E-state index contributed by atoms with van der Waals surface area (Å²) in [6, 6.07) is 3.41. The van der Waals surface area contributed by atoms with E-state index in [2.05, 4.69) is 14.7 Å². The highest BCUT2D eigenvalue weighted by Gasteiger charge is 2.09. The van der Waals surface area contributed by atoms with E-state index in [4.69, 9.17) is 0 Å². The Hall–Kier alpha value is -1.91. The van der Waals surface area contributed by atoms with Crippen LogP contribution in [0.15, 0.2) is 18.5 Å². The van der Waals surface area contributed by atoms with Crippen LogP contribution >= 0.6 is 0 Å². The molecular weight excluding hydrogens is 182 g/mol. The fraction of sp³-hybridized carbons (Fsp3) is 0.222. The molecule has 0 spiro atoms. The summed E-state index contributed by atoms with van der Waals surface area (Å²) in [7, 11) is 3.20. The molecule has 2 rings (SSSR count). The van der Waals surface area contributed by atoms with Gasteiger partial charge >= 0.3 is 5.97 Å². The molecular formula is C9H9N3O2. The molecule has 0 saturated heterocycles. The molecule has 0 aromatic carbocycles. The normalized spacial score (nSPS) is 10.4. The quantitative estimate of drug-likeness (QED) is 0.624. The Bertz CT molecular complexity index is 490. The molecule has 0 fully saturated rings. The van der Waals surface area contributed by atoms with Gasteiger partial charge < -0.3 is 9.30 Å². The summed E-state index contributed by atoms with van der Waals surface area (Å²) in [4.78, 5) is 19.2. The Morgan fingerprint density at radius 1 is 1.50 bits per heavy atom. The molecule has 0 aliphatic heterocycles. The van der Waals surface area contributed by atoms with Crippen LogP contribution in [0.3, 0.4) is 0 Å². The molecule has 0 aliphatic rings. The topological polar surface area (TPSA) is 57.0 Å². The summed E-state index contributed by atoms with van der Waals surface area (Å²) >= 11 is 0. The molecule has 5 nitrogen and oxygen atoms in total. The summed E-state index contributed by atoms with van der Waals surface area (Å²) in [6.07, 6.45) is 1.65. The van der Waals surface area contributed by atoms with Crippen LogP contribution in [-0.4, -0.2) is 27.6 Å². The SMILES string of the molecule is COC(=O)c1ccc2c(ncn2C)n1. The molecule has 0 saturated carbocycles. The monoisotopic (exact) mass is 191 g/mol. The number of esters is 1. The summed E-state index contributed by atoms with van der Waals surface area (Å²) in [6.45, 7) is 0. The van der Waals surface area contributed by atoms with Gasteiger partial charge in [-0.25, -0.2) is 14.8 Å². The molecule has 0 radical (unpaired) electrons. The molecule has 14 heavy (non-hydrogen) atoms. The van der Waals surface area contributed by atoms with Crippen molar-refractivity contribution in [1.29, 1.82) is 0 Å². The van der Waals surface area contributed by atoms with Crippen molar-refractivity contribution in [2.45, 2.75) is 0 Å². The van der Waals surface area contributed by atoms with Gasteiger partial charge in [-0.15, -0.1) is 0 Å². The van der Waals surface area contributed by atoms with E-state index in [1.54, 1.807) is 18.5 Å². The molecule has 0 unspecified atom stereocenters. The minimum atomic E-state index is -0.447. The molecule has 2 aromatic rings. The average molecular weight is 191 g/mol. The number of ether oxygens (including phenoxy) is 1. The number of carbonyl (C=O) groups is 1. The number of hydrogen-bond acceptors (Lipinski definition) is 4. The van der Waals surface area contributed by atoms with Crippen molar-refractivity contribution in [1.82, 2.24) is 14.5 Å². The van der Waals surface area contributed by atoms with Crippen LogP contribution in [0.4, 0.5) is 0 Å². The maximum atomic E-state index is 11.1. The Balaban J connectivity index is 2.57. The number of nitrogens with zero attached hydrogens (tertiary/aromatic N) is 3. The van der Waals surface area contributed by atoms with Crippen molar-refractivity contribution in [2.75, 3.05) is 7.11 Å². The second-order valence-corrected chi connectivity index (χ2v) is 2.89. The maximum Gasteiger partial charge on any atom is 0.356 e. The fourth-order valence-corrected chi connectivity index (χ4v) is 1.23. The van der Waals surface area contributed by atoms with E-state index in [1.807, 2.05) is 11.6 Å². The van der Waals surface area contributed by atoms with Gasteiger partial charge in [-0.2, -0.15) is 0 Å². The Labute approximate surface area is 80.3 Å². The van der Waals surface area contributed by atoms with Crippen LogP contribution in [0, 0.1) is 0 Å². The summed E-state index contributed by atoms with van der Waals surface area (Å²) in [5.74, 6) is -0.447. The number of rotatable bonds is 1. The van der Waals surface area contributed by atoms with Gasteiger partial charge in [0, 0.05) is 7.05 Å². The summed E-state index contributed by atoms with van der Waals surface area (Å²) in [5.41, 5.74) is 1.71. The third-order valence-electron chi connectivity index (χ3n) is 1.98. The van der Waals surface area contributed by atoms with Gasteiger partial charge in [0.05, 0.1) is 19.0 Å². The molecule has 0 atom stereocenters. The highest BCUT2D eigenvalue weighted by Crippen LogP contribution is 2.10. The van der Waals surface area contributed by atoms with Gasteiger partial charge in [0.2, 0.25) is 0 Å². The van der Waals surface area contributed by atoms with Crippen molar-refractivity contribution in [2.24, 2.45) is 7.05 Å². The van der Waals surface area contributed by atoms with E-state index >= 15 is 0 Å². The van der Waals surface area contributed by atoms with Gasteiger partial charge in [-0.3, -0.25) is 0 Å². The van der Waals surface area contributed by atoms with Gasteiger partial charge in [0.15, 0.2) is 11.3 Å². The van der Waals surface area contributed by atoms with Crippen molar-refractivity contribution < 1.29 is 9.53 Å². The first-order valence-electron chi connectivity index (χ1n) is 4.09. The second kappa shape index (κ2) is 3.10. The lowest BCUT2D eigenvalue weighted by atomic mass is 10.3. The molecule has 0 N–H and O–H groups in total. The first kappa shape index (κ1) is 8.68. The lowest BCUT2D eigenvalue weighted by molar-refractivity contribution is 0.0594. The highest BCUT2D eigenvalue weighted by molar-refractivity contribution is 5.89. The largest absolute Gasteiger partial charge is 0.464 e. The second-order valence-electron chi connectivity index (χ2n) is 2.89. The number of methoxy groups -OCH3 is 1. The molecule has 5 heteroatoms. The zero-order chi connectivity index (χ0) is 10.1. The van der Waals surface area contributed by atoms with Gasteiger partial charge in [-0.1, -0.05) is 0 Å². The molecule has 0 bridgehead atoms. The van der Waals surface area contributed by atoms with E-state index in [9.17, 15) is 4.79 Å². The number of aryl methyl sites for hydroxylation is 1. The number of pyridine rings is 1. The molecule has 0 amide bonds. The third-order valence-corrected chi connectivity index (χ3v) is 1.98. The number of hydrogen-bond donors (Lipinski definition) is 0. The lowest BCUT2D eigenvalue weighted by Gasteiger charge is -1.98. The number of imidazole rings is 1. The van der Waals surface area contributed by atoms with E-state index in [1.165, 1.54) is 7.11 Å². The van der Waals surface area contributed by atoms with Crippen LogP contribution in [0.5, 0.6) is 0 Å². The van der Waals surface area contributed by atoms with E-state index in [-0.39, 0.29) is 5.69 Å². The van der Waals surface area contributed by atoms with Crippen LogP contribution < -0.4 is 0 Å². The molecule has 2 aromatic heterocycles. The van der Waals surface area contributed by atoms with Crippen molar-refractivity contribution in [3.8, 4) is 0 Å². The standard InChI is InChI=1S/C9H9N3O2/c1-12-5-10-8-7(12)4-3-6(11-8)9(13)14-2/h3-5H,1-2H3. The minimum Gasteiger partial charge on any atom is -0.464 e. The smallest absolute Gasteiger partial charge is 0.356 e. The van der Waals surface area contributed by atoms with E-state index < -0.39 is 5.97 Å². The first-order valence-corrected chi connectivity index (χ1v) is 4.09. The van der Waals surface area contributed by atoms with Crippen LogP contribution in [-0.2, 0) is 11.8 Å². The zero-order valence-electron chi connectivity index (χ0n) is 7.89. The van der Waals surface area contributed by atoms with Gasteiger partial charge in [0.1, 0.15) is 0 Å². The van der Waals surface area contributed by atoms with Crippen LogP contribution in [0.2, 0.25) is 0 Å². The molecule has 0 aliphatic carbocycles. The summed E-state index contributed by atoms with van der Waals surface area (Å²) < 4.78 is 6.39. The Morgan fingerprint density at radius 3 is 3.00 bits per heavy atom. The molecule has 2 heterocycles. The summed E-state index contributed by atoms with van der Waals surface area (Å²) in [5, 5.41) is 0. The van der Waals surface area contributed by atoms with Crippen LogP contribution in [0.25, 0.3) is 11.2 Å². The van der Waals surface area contributed by atoms with Crippen LogP contribution in [0.1, 0.15) is 10.5 Å².